The van der Waals surface area contributed by atoms with Crippen LogP contribution < -0.4 is 5.32 Å². The van der Waals surface area contributed by atoms with E-state index in [-0.39, 0.29) is 5.58 Å². The molecule has 0 bridgehead atoms. The summed E-state index contributed by atoms with van der Waals surface area (Å²) in [6, 6.07) is 12.9. The number of hydrogen-bond acceptors (Lipinski definition) is 2. The number of furan rings is 1. The molecule has 0 aliphatic rings. The van der Waals surface area contributed by atoms with Gasteiger partial charge in [-0.2, -0.15) is 13.2 Å². The Morgan fingerprint density at radius 3 is 2.62 bits per heavy atom. The van der Waals surface area contributed by atoms with Crippen molar-refractivity contribution in [2.45, 2.75) is 19.1 Å². The molecule has 0 aliphatic carbocycles. The Hall–Kier alpha value is -1.98. The van der Waals surface area contributed by atoms with E-state index < -0.39 is 11.7 Å². The van der Waals surface area contributed by atoms with Crippen molar-refractivity contribution < 1.29 is 17.6 Å². The number of alkyl halides is 3. The lowest BCUT2D eigenvalue weighted by atomic mass is 10.1. The van der Waals surface area contributed by atoms with Gasteiger partial charge in [-0.05, 0) is 48.9 Å². The largest absolute Gasteiger partial charge is 0.460 e. The molecule has 1 heterocycles. The minimum absolute atomic E-state index is 0.247. The van der Waals surface area contributed by atoms with Crippen molar-refractivity contribution in [3.8, 4) is 0 Å². The summed E-state index contributed by atoms with van der Waals surface area (Å²) < 4.78 is 43.6. The van der Waals surface area contributed by atoms with E-state index in [1.165, 1.54) is 6.07 Å². The number of halogens is 4. The van der Waals surface area contributed by atoms with Crippen LogP contribution in [0.2, 0.25) is 5.02 Å². The van der Waals surface area contributed by atoms with Crippen LogP contribution in [0.1, 0.15) is 16.9 Å². The Morgan fingerprint density at radius 1 is 1.04 bits per heavy atom. The summed E-state index contributed by atoms with van der Waals surface area (Å²) in [5.41, 5.74) is 0.663. The fourth-order valence-corrected chi connectivity index (χ4v) is 2.70. The molecule has 0 amide bonds. The molecule has 2 nitrogen and oxygen atoms in total. The monoisotopic (exact) mass is 353 g/mol. The lowest BCUT2D eigenvalue weighted by Gasteiger charge is -2.05. The fraction of sp³-hybridized carbons (Fsp3) is 0.222. The predicted octanol–water partition coefficient (Wildman–Crippen LogP) is 5.44. The molecule has 1 aromatic heterocycles. The van der Waals surface area contributed by atoms with Crippen molar-refractivity contribution in [2.75, 3.05) is 6.54 Å². The van der Waals surface area contributed by atoms with Gasteiger partial charge in [0.15, 0.2) is 0 Å². The summed E-state index contributed by atoms with van der Waals surface area (Å²) in [6.07, 6.45) is -3.56. The minimum Gasteiger partial charge on any atom is -0.460 e. The van der Waals surface area contributed by atoms with E-state index >= 15 is 0 Å². The van der Waals surface area contributed by atoms with Crippen molar-refractivity contribution in [2.24, 2.45) is 0 Å². The lowest BCUT2D eigenvalue weighted by molar-refractivity contribution is -0.137. The van der Waals surface area contributed by atoms with E-state index in [4.69, 9.17) is 16.0 Å². The normalized spacial score (nSPS) is 12.0. The summed E-state index contributed by atoms with van der Waals surface area (Å²) in [6.45, 7) is 1.17. The summed E-state index contributed by atoms with van der Waals surface area (Å²) in [5, 5.41) is 4.58. The SMILES string of the molecule is FC(F)(F)c1ccc2cc(CNCCc3cccc(Cl)c3)oc2c1. The van der Waals surface area contributed by atoms with E-state index in [9.17, 15) is 13.2 Å². The first-order valence-corrected chi connectivity index (χ1v) is 7.84. The molecular weight excluding hydrogens is 339 g/mol. The lowest BCUT2D eigenvalue weighted by Crippen LogP contribution is -2.16. The van der Waals surface area contributed by atoms with Gasteiger partial charge in [0.2, 0.25) is 0 Å². The Labute approximate surface area is 142 Å². The maximum Gasteiger partial charge on any atom is 0.416 e. The van der Waals surface area contributed by atoms with Gasteiger partial charge in [-0.3, -0.25) is 0 Å². The first-order valence-electron chi connectivity index (χ1n) is 7.47. The molecule has 0 saturated carbocycles. The highest BCUT2D eigenvalue weighted by atomic mass is 35.5. The molecule has 0 aliphatic heterocycles. The van der Waals surface area contributed by atoms with Crippen molar-refractivity contribution in [1.29, 1.82) is 0 Å². The zero-order valence-electron chi connectivity index (χ0n) is 12.7. The van der Waals surface area contributed by atoms with Gasteiger partial charge in [0, 0.05) is 10.4 Å². The highest BCUT2D eigenvalue weighted by Crippen LogP contribution is 2.32. The molecule has 126 valence electrons. The van der Waals surface area contributed by atoms with Gasteiger partial charge in [0.1, 0.15) is 11.3 Å². The molecule has 0 saturated heterocycles. The Kier molecular flexibility index (Phi) is 4.83. The average Bonchev–Trinajstić information content (AvgIpc) is 2.92. The molecule has 1 N–H and O–H groups in total. The quantitative estimate of drug-likeness (QED) is 0.618. The molecule has 6 heteroatoms. The second-order valence-corrected chi connectivity index (χ2v) is 5.96. The number of hydrogen-bond donors (Lipinski definition) is 1. The third kappa shape index (κ3) is 4.10. The van der Waals surface area contributed by atoms with Gasteiger partial charge in [-0.25, -0.2) is 0 Å². The average molecular weight is 354 g/mol. The molecule has 3 rings (SSSR count). The molecule has 0 radical (unpaired) electrons. The van der Waals surface area contributed by atoms with Crippen LogP contribution >= 0.6 is 11.6 Å². The topological polar surface area (TPSA) is 25.2 Å². The van der Waals surface area contributed by atoms with Crippen LogP contribution in [-0.4, -0.2) is 6.54 Å². The Balaban J connectivity index is 1.59. The van der Waals surface area contributed by atoms with E-state index in [0.29, 0.717) is 29.3 Å². The highest BCUT2D eigenvalue weighted by molar-refractivity contribution is 6.30. The van der Waals surface area contributed by atoms with E-state index in [1.807, 2.05) is 24.3 Å². The van der Waals surface area contributed by atoms with Gasteiger partial charge < -0.3 is 9.73 Å². The molecular formula is C18H15ClF3NO. The second kappa shape index (κ2) is 6.87. The van der Waals surface area contributed by atoms with Crippen LogP contribution in [0, 0.1) is 0 Å². The van der Waals surface area contributed by atoms with Gasteiger partial charge >= 0.3 is 6.18 Å². The van der Waals surface area contributed by atoms with Crippen LogP contribution in [0.3, 0.4) is 0 Å². The third-order valence-electron chi connectivity index (χ3n) is 3.68. The molecule has 24 heavy (non-hydrogen) atoms. The summed E-state index contributed by atoms with van der Waals surface area (Å²) in [7, 11) is 0. The molecule has 0 unspecified atom stereocenters. The summed E-state index contributed by atoms with van der Waals surface area (Å²) in [4.78, 5) is 0. The number of benzene rings is 2. The van der Waals surface area contributed by atoms with Crippen LogP contribution in [0.15, 0.2) is 52.9 Å². The molecule has 0 fully saturated rings. The minimum atomic E-state index is -4.36. The maximum atomic E-state index is 12.7. The molecule has 0 spiro atoms. The number of fused-ring (bicyclic) bond motifs is 1. The summed E-state index contributed by atoms with van der Waals surface area (Å²) >= 11 is 5.93. The highest BCUT2D eigenvalue weighted by Gasteiger charge is 2.30. The molecule has 2 aromatic carbocycles. The number of rotatable bonds is 5. The fourth-order valence-electron chi connectivity index (χ4n) is 2.49. The van der Waals surface area contributed by atoms with Crippen molar-refractivity contribution >= 4 is 22.6 Å². The first-order chi connectivity index (χ1) is 11.4. The van der Waals surface area contributed by atoms with Gasteiger partial charge in [-0.1, -0.05) is 29.8 Å². The van der Waals surface area contributed by atoms with E-state index in [2.05, 4.69) is 5.32 Å². The van der Waals surface area contributed by atoms with Crippen molar-refractivity contribution in [3.63, 3.8) is 0 Å². The van der Waals surface area contributed by atoms with Gasteiger partial charge in [0.25, 0.3) is 0 Å². The maximum absolute atomic E-state index is 12.7. The van der Waals surface area contributed by atoms with Gasteiger partial charge in [-0.15, -0.1) is 0 Å². The third-order valence-corrected chi connectivity index (χ3v) is 3.91. The number of nitrogens with one attached hydrogen (secondary N) is 1. The van der Waals surface area contributed by atoms with Crippen LogP contribution in [-0.2, 0) is 19.1 Å². The molecule has 3 aromatic rings. The van der Waals surface area contributed by atoms with Gasteiger partial charge in [0.05, 0.1) is 12.1 Å². The zero-order valence-corrected chi connectivity index (χ0v) is 13.4. The van der Waals surface area contributed by atoms with Crippen molar-refractivity contribution in [1.82, 2.24) is 5.32 Å². The van der Waals surface area contributed by atoms with Crippen LogP contribution in [0.5, 0.6) is 0 Å². The zero-order chi connectivity index (χ0) is 17.2. The Morgan fingerprint density at radius 2 is 1.88 bits per heavy atom. The second-order valence-electron chi connectivity index (χ2n) is 5.52. The standard InChI is InChI=1S/C18H15ClF3NO/c19-15-3-1-2-12(8-15)6-7-23-11-16-9-13-4-5-14(18(20,21)22)10-17(13)24-16/h1-5,8-10,23H,6-7,11H2. The van der Waals surface area contributed by atoms with E-state index in [1.54, 1.807) is 6.07 Å². The first kappa shape index (κ1) is 16.9. The molecule has 0 atom stereocenters. The van der Waals surface area contributed by atoms with E-state index in [0.717, 1.165) is 24.1 Å². The Bertz CT molecular complexity index is 842. The van der Waals surface area contributed by atoms with Crippen LogP contribution in [0.4, 0.5) is 13.2 Å². The summed E-state index contributed by atoms with van der Waals surface area (Å²) in [5.74, 6) is 0.607. The predicted molar refractivity (Wildman–Crippen MR) is 88.1 cm³/mol. The van der Waals surface area contributed by atoms with Crippen molar-refractivity contribution in [3.05, 3.63) is 70.4 Å². The van der Waals surface area contributed by atoms with Crippen LogP contribution in [0.25, 0.3) is 11.0 Å². The smallest absolute Gasteiger partial charge is 0.416 e.